The molecular weight excluding hydrogens is 238 g/mol. The zero-order valence-corrected chi connectivity index (χ0v) is 11.8. The fourth-order valence-corrected chi connectivity index (χ4v) is 1.81. The van der Waals surface area contributed by atoms with Crippen molar-refractivity contribution in [2.45, 2.75) is 39.0 Å². The summed E-state index contributed by atoms with van der Waals surface area (Å²) in [6, 6.07) is 7.44. The lowest BCUT2D eigenvalue weighted by molar-refractivity contribution is -0.106. The summed E-state index contributed by atoms with van der Waals surface area (Å²) in [7, 11) is 1.63. The Morgan fingerprint density at radius 1 is 1.16 bits per heavy atom. The first kappa shape index (κ1) is 15.3. The van der Waals surface area contributed by atoms with Crippen LogP contribution in [-0.4, -0.2) is 13.5 Å². The van der Waals surface area contributed by atoms with E-state index in [-0.39, 0.29) is 0 Å². The Morgan fingerprint density at radius 3 is 2.47 bits per heavy atom. The van der Waals surface area contributed by atoms with Gasteiger partial charge < -0.3 is 4.74 Å². The highest BCUT2D eigenvalue weighted by atomic mass is 16.5. The van der Waals surface area contributed by atoms with E-state index in [0.29, 0.717) is 0 Å². The van der Waals surface area contributed by atoms with Gasteiger partial charge in [-0.1, -0.05) is 32.3 Å². The van der Waals surface area contributed by atoms with Crippen molar-refractivity contribution in [1.29, 1.82) is 0 Å². The highest BCUT2D eigenvalue weighted by Crippen LogP contribution is 2.18. The molecule has 0 aromatic heterocycles. The first-order valence-corrected chi connectivity index (χ1v) is 6.86. The quantitative estimate of drug-likeness (QED) is 0.494. The van der Waals surface area contributed by atoms with Crippen molar-refractivity contribution < 1.29 is 9.53 Å². The molecule has 104 valence electrons. The molecule has 1 aromatic carbocycles. The minimum Gasteiger partial charge on any atom is -0.497 e. The molecule has 0 atom stereocenters. The summed E-state index contributed by atoms with van der Waals surface area (Å²) < 4.78 is 5.09. The third-order valence-corrected chi connectivity index (χ3v) is 2.97. The third kappa shape index (κ3) is 5.60. The molecule has 0 N–H and O–H groups in total. The number of unbranched alkanes of at least 4 members (excludes halogenated alkanes) is 4. The van der Waals surface area contributed by atoms with Gasteiger partial charge in [-0.25, -0.2) is 0 Å². The number of rotatable bonds is 9. The number of allylic oxidation sites excluding steroid dienone is 1. The highest BCUT2D eigenvalue weighted by molar-refractivity contribution is 5.77. The lowest BCUT2D eigenvalue weighted by Crippen LogP contribution is -2.12. The summed E-state index contributed by atoms with van der Waals surface area (Å²) in [4.78, 5) is 12.7. The number of carbonyl (C=O) groups excluding carboxylic acids is 1. The molecule has 0 aliphatic rings. The van der Waals surface area contributed by atoms with Crippen LogP contribution in [0, 0.1) is 0 Å². The average Bonchev–Trinajstić information content (AvgIpc) is 2.47. The second kappa shape index (κ2) is 9.20. The third-order valence-electron chi connectivity index (χ3n) is 2.97. The molecule has 0 aliphatic heterocycles. The van der Waals surface area contributed by atoms with E-state index >= 15 is 0 Å². The van der Waals surface area contributed by atoms with Crippen molar-refractivity contribution >= 4 is 12.1 Å². The zero-order valence-electron chi connectivity index (χ0n) is 11.8. The van der Waals surface area contributed by atoms with Gasteiger partial charge in [0, 0.05) is 11.9 Å². The van der Waals surface area contributed by atoms with Crippen LogP contribution in [0.3, 0.4) is 0 Å². The largest absolute Gasteiger partial charge is 0.497 e. The Kier molecular flexibility index (Phi) is 7.40. The summed E-state index contributed by atoms with van der Waals surface area (Å²) in [6.07, 6.45) is 10.7. The van der Waals surface area contributed by atoms with E-state index in [1.165, 1.54) is 25.7 Å². The van der Waals surface area contributed by atoms with Gasteiger partial charge in [-0.3, -0.25) is 9.69 Å². The fraction of sp³-hybridized carbons (Fsp3) is 0.438. The van der Waals surface area contributed by atoms with Crippen molar-refractivity contribution in [3.63, 3.8) is 0 Å². The maximum absolute atomic E-state index is 11.1. The minimum absolute atomic E-state index is 0.790. The Morgan fingerprint density at radius 2 is 1.89 bits per heavy atom. The van der Waals surface area contributed by atoms with Gasteiger partial charge in [-0.05, 0) is 37.1 Å². The topological polar surface area (TPSA) is 29.5 Å². The molecular formula is C16H23NO2. The standard InChI is InChI=1S/C16H23NO2/c1-3-4-5-6-7-8-13-17(14-18)15-9-11-16(19-2)12-10-15/h8-14H,3-7H2,1-2H3/b13-8+. The van der Waals surface area contributed by atoms with Crippen LogP contribution in [0.1, 0.15) is 39.0 Å². The van der Waals surface area contributed by atoms with E-state index in [9.17, 15) is 4.79 Å². The van der Waals surface area contributed by atoms with Crippen molar-refractivity contribution in [2.24, 2.45) is 0 Å². The maximum Gasteiger partial charge on any atom is 0.218 e. The van der Waals surface area contributed by atoms with Gasteiger partial charge in [0.15, 0.2) is 0 Å². The van der Waals surface area contributed by atoms with Crippen LogP contribution in [0.15, 0.2) is 36.5 Å². The number of nitrogens with zero attached hydrogens (tertiary/aromatic N) is 1. The molecule has 0 saturated carbocycles. The summed E-state index contributed by atoms with van der Waals surface area (Å²) in [5, 5.41) is 0. The van der Waals surface area contributed by atoms with Crippen LogP contribution in [0.5, 0.6) is 5.75 Å². The average molecular weight is 261 g/mol. The smallest absolute Gasteiger partial charge is 0.218 e. The van der Waals surface area contributed by atoms with E-state index in [4.69, 9.17) is 4.74 Å². The number of methoxy groups -OCH3 is 1. The highest BCUT2D eigenvalue weighted by Gasteiger charge is 2.00. The van der Waals surface area contributed by atoms with Crippen molar-refractivity contribution in [3.8, 4) is 5.75 Å². The molecule has 0 spiro atoms. The molecule has 3 nitrogen and oxygen atoms in total. The molecule has 19 heavy (non-hydrogen) atoms. The van der Waals surface area contributed by atoms with Crippen LogP contribution in [0.2, 0.25) is 0 Å². The SMILES string of the molecule is CCCCCC/C=C/N(C=O)c1ccc(OC)cc1. The first-order chi connectivity index (χ1) is 9.31. The molecule has 0 fully saturated rings. The molecule has 1 aromatic rings. The van der Waals surface area contributed by atoms with Gasteiger partial charge in [-0.15, -0.1) is 0 Å². The summed E-state index contributed by atoms with van der Waals surface area (Å²) in [5.41, 5.74) is 0.848. The van der Waals surface area contributed by atoms with E-state index in [1.807, 2.05) is 36.5 Å². The molecule has 0 aliphatic carbocycles. The predicted molar refractivity (Wildman–Crippen MR) is 79.4 cm³/mol. The second-order valence-corrected chi connectivity index (χ2v) is 4.44. The monoisotopic (exact) mass is 261 g/mol. The van der Waals surface area contributed by atoms with Gasteiger partial charge in [0.1, 0.15) is 5.75 Å². The van der Waals surface area contributed by atoms with Gasteiger partial charge >= 0.3 is 0 Å². The van der Waals surface area contributed by atoms with Crippen LogP contribution in [0.4, 0.5) is 5.69 Å². The van der Waals surface area contributed by atoms with Crippen molar-refractivity contribution in [3.05, 3.63) is 36.5 Å². The Hall–Kier alpha value is -1.77. The summed E-state index contributed by atoms with van der Waals surface area (Å²) in [5.74, 6) is 0.790. The Bertz CT molecular complexity index is 384. The predicted octanol–water partition coefficient (Wildman–Crippen LogP) is 4.14. The number of amides is 1. The van der Waals surface area contributed by atoms with E-state index in [0.717, 1.165) is 24.3 Å². The van der Waals surface area contributed by atoms with Crippen LogP contribution < -0.4 is 9.64 Å². The molecule has 1 rings (SSSR count). The van der Waals surface area contributed by atoms with Gasteiger partial charge in [-0.2, -0.15) is 0 Å². The molecule has 0 heterocycles. The van der Waals surface area contributed by atoms with Crippen LogP contribution in [-0.2, 0) is 4.79 Å². The molecule has 3 heteroatoms. The zero-order chi connectivity index (χ0) is 13.9. The second-order valence-electron chi connectivity index (χ2n) is 4.44. The van der Waals surface area contributed by atoms with Gasteiger partial charge in [0.25, 0.3) is 0 Å². The molecule has 0 bridgehead atoms. The van der Waals surface area contributed by atoms with E-state index < -0.39 is 0 Å². The molecule has 1 amide bonds. The van der Waals surface area contributed by atoms with Gasteiger partial charge in [0.05, 0.1) is 7.11 Å². The minimum atomic E-state index is 0.790. The first-order valence-electron chi connectivity index (χ1n) is 6.86. The van der Waals surface area contributed by atoms with Gasteiger partial charge in [0.2, 0.25) is 6.41 Å². The number of ether oxygens (including phenoxy) is 1. The van der Waals surface area contributed by atoms with E-state index in [2.05, 4.69) is 6.92 Å². The molecule has 0 radical (unpaired) electrons. The number of anilines is 1. The number of carbonyl (C=O) groups is 1. The van der Waals surface area contributed by atoms with Crippen LogP contribution >= 0.6 is 0 Å². The summed E-state index contributed by atoms with van der Waals surface area (Å²) in [6.45, 7) is 2.20. The summed E-state index contributed by atoms with van der Waals surface area (Å²) >= 11 is 0. The van der Waals surface area contributed by atoms with Crippen molar-refractivity contribution in [1.82, 2.24) is 0 Å². The maximum atomic E-state index is 11.1. The van der Waals surface area contributed by atoms with Crippen molar-refractivity contribution in [2.75, 3.05) is 12.0 Å². The lowest BCUT2D eigenvalue weighted by atomic mass is 10.1. The Labute approximate surface area is 115 Å². The Balaban J connectivity index is 2.47. The lowest BCUT2D eigenvalue weighted by Gasteiger charge is -2.12. The number of hydrogen-bond donors (Lipinski definition) is 0. The fourth-order valence-electron chi connectivity index (χ4n) is 1.81. The number of hydrogen-bond acceptors (Lipinski definition) is 2. The normalized spacial score (nSPS) is 10.6. The number of benzene rings is 1. The molecule has 0 saturated heterocycles. The van der Waals surface area contributed by atoms with E-state index in [1.54, 1.807) is 12.0 Å². The molecule has 0 unspecified atom stereocenters. The van der Waals surface area contributed by atoms with Crippen LogP contribution in [0.25, 0.3) is 0 Å².